The lowest BCUT2D eigenvalue weighted by Gasteiger charge is -2.45. The number of hydrogen-bond donors (Lipinski definition) is 0. The predicted molar refractivity (Wildman–Crippen MR) is 87.7 cm³/mol. The molecule has 1 aromatic carbocycles. The minimum Gasteiger partial charge on any atom is -0.0613 e. The topological polar surface area (TPSA) is 0 Å². The van der Waals surface area contributed by atoms with E-state index >= 15 is 0 Å². The Morgan fingerprint density at radius 2 is 1.68 bits per heavy atom. The van der Waals surface area contributed by atoms with Crippen LogP contribution in [0.4, 0.5) is 0 Å². The van der Waals surface area contributed by atoms with E-state index in [1.54, 1.807) is 5.56 Å². The van der Waals surface area contributed by atoms with Crippen LogP contribution in [0.5, 0.6) is 0 Å². The van der Waals surface area contributed by atoms with E-state index < -0.39 is 0 Å². The monoisotopic (exact) mass is 322 g/mol. The van der Waals surface area contributed by atoms with Crippen molar-refractivity contribution in [1.82, 2.24) is 0 Å². The largest absolute Gasteiger partial charge is 0.0613 e. The van der Waals surface area contributed by atoms with Gasteiger partial charge in [0.2, 0.25) is 0 Å². The van der Waals surface area contributed by atoms with Crippen molar-refractivity contribution in [2.24, 2.45) is 10.8 Å². The van der Waals surface area contributed by atoms with Gasteiger partial charge in [-0.25, -0.2) is 0 Å². The van der Waals surface area contributed by atoms with Crippen molar-refractivity contribution in [1.29, 1.82) is 0 Å². The van der Waals surface area contributed by atoms with Crippen LogP contribution in [0.25, 0.3) is 0 Å². The summed E-state index contributed by atoms with van der Waals surface area (Å²) in [6, 6.07) is 6.84. The summed E-state index contributed by atoms with van der Waals surface area (Å²) in [4.78, 5) is 0. The Morgan fingerprint density at radius 1 is 1.11 bits per heavy atom. The normalized spacial score (nSPS) is 22.4. The Morgan fingerprint density at radius 3 is 2.21 bits per heavy atom. The second-order valence-corrected chi connectivity index (χ2v) is 8.72. The highest BCUT2D eigenvalue weighted by Gasteiger charge is 2.39. The maximum atomic E-state index is 3.65. The zero-order chi connectivity index (χ0) is 14.3. The lowest BCUT2D eigenvalue weighted by molar-refractivity contribution is 0.0966. The van der Waals surface area contributed by atoms with Crippen LogP contribution in [0.3, 0.4) is 0 Å². The second kappa shape index (κ2) is 5.24. The van der Waals surface area contributed by atoms with Crippen molar-refractivity contribution in [2.45, 2.75) is 66.2 Å². The number of benzene rings is 1. The first kappa shape index (κ1) is 15.1. The van der Waals surface area contributed by atoms with Gasteiger partial charge in [0.05, 0.1) is 0 Å². The maximum Gasteiger partial charge on any atom is 0.0178 e. The quantitative estimate of drug-likeness (QED) is 0.596. The van der Waals surface area contributed by atoms with Crippen LogP contribution in [0.2, 0.25) is 0 Å². The van der Waals surface area contributed by atoms with Crippen molar-refractivity contribution in [3.8, 4) is 0 Å². The van der Waals surface area contributed by atoms with Crippen molar-refractivity contribution in [3.63, 3.8) is 0 Å². The third-order valence-corrected chi connectivity index (χ3v) is 4.98. The Balaban J connectivity index is 2.38. The molecule has 0 aliphatic heterocycles. The molecule has 0 radical (unpaired) electrons. The van der Waals surface area contributed by atoms with Gasteiger partial charge in [-0.1, -0.05) is 56.6 Å². The van der Waals surface area contributed by atoms with E-state index in [1.807, 2.05) is 0 Å². The van der Waals surface area contributed by atoms with E-state index in [0.29, 0.717) is 16.7 Å². The highest BCUT2D eigenvalue weighted by atomic mass is 79.9. The first-order chi connectivity index (χ1) is 8.72. The Hall–Kier alpha value is -0.300. The SMILES string of the molecule is CCc1ccc(Br)cc1C1CC(C)(C)CC(C)(C)C1. The van der Waals surface area contributed by atoms with Gasteiger partial charge in [0, 0.05) is 4.47 Å². The van der Waals surface area contributed by atoms with Crippen molar-refractivity contribution >= 4 is 15.9 Å². The molecule has 1 aromatic rings. The Labute approximate surface area is 127 Å². The van der Waals surface area contributed by atoms with Crippen molar-refractivity contribution < 1.29 is 0 Å². The lowest BCUT2D eigenvalue weighted by Crippen LogP contribution is -2.33. The Bertz CT molecular complexity index is 441. The molecule has 106 valence electrons. The smallest absolute Gasteiger partial charge is 0.0178 e. The number of rotatable bonds is 2. The first-order valence-corrected chi connectivity index (χ1v) is 8.30. The zero-order valence-electron chi connectivity index (χ0n) is 13.0. The third-order valence-electron chi connectivity index (χ3n) is 4.48. The molecule has 1 saturated carbocycles. The van der Waals surface area contributed by atoms with Crippen LogP contribution in [-0.4, -0.2) is 0 Å². The van der Waals surface area contributed by atoms with E-state index in [-0.39, 0.29) is 0 Å². The molecular formula is C18H27Br. The van der Waals surface area contributed by atoms with Gasteiger partial charge in [-0.3, -0.25) is 0 Å². The van der Waals surface area contributed by atoms with Crippen LogP contribution in [-0.2, 0) is 6.42 Å². The molecule has 0 unspecified atom stereocenters. The number of halogens is 1. The van der Waals surface area contributed by atoms with Crippen LogP contribution in [0.1, 0.15) is 70.9 Å². The molecule has 0 saturated heterocycles. The van der Waals surface area contributed by atoms with Gasteiger partial charge in [0.25, 0.3) is 0 Å². The lowest BCUT2D eigenvalue weighted by atomic mass is 9.60. The van der Waals surface area contributed by atoms with Gasteiger partial charge in [0.15, 0.2) is 0 Å². The molecule has 0 N–H and O–H groups in total. The summed E-state index contributed by atoms with van der Waals surface area (Å²) >= 11 is 3.65. The minimum absolute atomic E-state index is 0.458. The van der Waals surface area contributed by atoms with Gasteiger partial charge in [0.1, 0.15) is 0 Å². The van der Waals surface area contributed by atoms with Gasteiger partial charge in [-0.15, -0.1) is 0 Å². The summed E-state index contributed by atoms with van der Waals surface area (Å²) in [6.07, 6.45) is 5.12. The molecule has 0 atom stereocenters. The molecule has 0 nitrogen and oxygen atoms in total. The molecule has 1 heteroatoms. The highest BCUT2D eigenvalue weighted by Crippen LogP contribution is 2.52. The standard InChI is InChI=1S/C18H27Br/c1-6-13-7-8-15(19)9-16(13)14-10-17(2,3)12-18(4,5)11-14/h7-9,14H,6,10-12H2,1-5H3. The molecule has 0 aromatic heterocycles. The fraction of sp³-hybridized carbons (Fsp3) is 0.667. The third kappa shape index (κ3) is 3.62. The van der Waals surface area contributed by atoms with E-state index in [1.165, 1.54) is 29.3 Å². The second-order valence-electron chi connectivity index (χ2n) is 7.81. The van der Waals surface area contributed by atoms with Crippen LogP contribution >= 0.6 is 15.9 Å². The predicted octanol–water partition coefficient (Wildman–Crippen LogP) is 6.33. The minimum atomic E-state index is 0.458. The molecule has 19 heavy (non-hydrogen) atoms. The van der Waals surface area contributed by atoms with E-state index in [4.69, 9.17) is 0 Å². The zero-order valence-corrected chi connectivity index (χ0v) is 14.6. The molecule has 2 rings (SSSR count). The summed E-state index contributed by atoms with van der Waals surface area (Å²) < 4.78 is 1.22. The summed E-state index contributed by atoms with van der Waals surface area (Å²) in [5, 5.41) is 0. The molecule has 0 heterocycles. The summed E-state index contributed by atoms with van der Waals surface area (Å²) in [7, 11) is 0. The van der Waals surface area contributed by atoms with Gasteiger partial charge in [-0.2, -0.15) is 0 Å². The van der Waals surface area contributed by atoms with Gasteiger partial charge >= 0.3 is 0 Å². The van der Waals surface area contributed by atoms with Crippen LogP contribution < -0.4 is 0 Å². The van der Waals surface area contributed by atoms with Gasteiger partial charge in [-0.05, 0) is 65.7 Å². The Kier molecular flexibility index (Phi) is 4.16. The van der Waals surface area contributed by atoms with Gasteiger partial charge < -0.3 is 0 Å². The molecule has 0 spiro atoms. The number of aryl methyl sites for hydroxylation is 1. The molecule has 0 bridgehead atoms. The molecule has 1 fully saturated rings. The number of hydrogen-bond acceptors (Lipinski definition) is 0. The van der Waals surface area contributed by atoms with Crippen molar-refractivity contribution in [2.75, 3.05) is 0 Å². The maximum absolute atomic E-state index is 3.65. The summed E-state index contributed by atoms with van der Waals surface area (Å²) in [5.41, 5.74) is 4.03. The molecule has 0 amide bonds. The van der Waals surface area contributed by atoms with E-state index in [2.05, 4.69) is 68.7 Å². The van der Waals surface area contributed by atoms with Crippen molar-refractivity contribution in [3.05, 3.63) is 33.8 Å². The average Bonchev–Trinajstić information content (AvgIpc) is 2.24. The van der Waals surface area contributed by atoms with Crippen LogP contribution in [0.15, 0.2) is 22.7 Å². The first-order valence-electron chi connectivity index (χ1n) is 7.51. The fourth-order valence-corrected chi connectivity index (χ4v) is 4.71. The van der Waals surface area contributed by atoms with E-state index in [0.717, 1.165) is 6.42 Å². The fourth-order valence-electron chi connectivity index (χ4n) is 4.33. The summed E-state index contributed by atoms with van der Waals surface area (Å²) in [5.74, 6) is 0.714. The molecule has 1 aliphatic rings. The molecular weight excluding hydrogens is 296 g/mol. The van der Waals surface area contributed by atoms with E-state index in [9.17, 15) is 0 Å². The molecule has 1 aliphatic carbocycles. The van der Waals surface area contributed by atoms with Crippen LogP contribution in [0, 0.1) is 10.8 Å². The highest BCUT2D eigenvalue weighted by molar-refractivity contribution is 9.10. The summed E-state index contributed by atoms with van der Waals surface area (Å²) in [6.45, 7) is 12.0. The average molecular weight is 323 g/mol.